The maximum atomic E-state index is 5.28. The number of anilines is 2. The van der Waals surface area contributed by atoms with Gasteiger partial charge in [-0.15, -0.1) is 0 Å². The minimum Gasteiger partial charge on any atom is -0.371 e. The topological polar surface area (TPSA) is 54.2 Å². The van der Waals surface area contributed by atoms with E-state index in [2.05, 4.69) is 22.4 Å². The van der Waals surface area contributed by atoms with Crippen LogP contribution in [0.3, 0.4) is 0 Å². The van der Waals surface area contributed by atoms with Crippen molar-refractivity contribution in [1.29, 1.82) is 0 Å². The molecule has 0 saturated heterocycles. The number of pyridine rings is 1. The molecular weight excluding hydrogens is 164 g/mol. The average Bonchev–Trinajstić information content (AvgIpc) is 3.00. The van der Waals surface area contributed by atoms with Crippen LogP contribution in [0.25, 0.3) is 0 Å². The van der Waals surface area contributed by atoms with Crippen LogP contribution < -0.4 is 16.2 Å². The highest BCUT2D eigenvalue weighted by Gasteiger charge is 2.26. The van der Waals surface area contributed by atoms with Crippen molar-refractivity contribution in [3.05, 3.63) is 18.3 Å². The van der Waals surface area contributed by atoms with Gasteiger partial charge in [-0.25, -0.2) is 10.8 Å². The first-order chi connectivity index (χ1) is 6.31. The Hall–Kier alpha value is -1.29. The highest BCUT2D eigenvalue weighted by Crippen LogP contribution is 2.30. The lowest BCUT2D eigenvalue weighted by Gasteiger charge is -2.18. The fraction of sp³-hybridized carbons (Fsp3) is 0.444. The molecule has 1 aliphatic rings. The largest absolute Gasteiger partial charge is 0.371 e. The standard InChI is InChI=1S/C9H14N4/c1-13(7-2-3-7)8-4-5-11-9(6-8)12-10/h4-7H,2-3,10H2,1H3,(H,11,12). The number of nitrogens with two attached hydrogens (primary N) is 1. The molecule has 1 saturated carbocycles. The molecule has 1 heterocycles. The van der Waals surface area contributed by atoms with Crippen LogP contribution >= 0.6 is 0 Å². The molecule has 0 radical (unpaired) electrons. The molecular formula is C9H14N4. The number of hydrogen-bond donors (Lipinski definition) is 2. The van der Waals surface area contributed by atoms with Crippen LogP contribution in [0.4, 0.5) is 11.5 Å². The summed E-state index contributed by atoms with van der Waals surface area (Å²) in [6, 6.07) is 4.67. The molecule has 1 aromatic heterocycles. The maximum absolute atomic E-state index is 5.28. The first-order valence-corrected chi connectivity index (χ1v) is 4.47. The van der Waals surface area contributed by atoms with Crippen LogP contribution in [0.5, 0.6) is 0 Å². The molecule has 1 aliphatic carbocycles. The van der Waals surface area contributed by atoms with Gasteiger partial charge in [-0.3, -0.25) is 0 Å². The molecule has 0 spiro atoms. The highest BCUT2D eigenvalue weighted by molar-refractivity contribution is 5.54. The normalized spacial score (nSPS) is 15.5. The van der Waals surface area contributed by atoms with Gasteiger partial charge in [0, 0.05) is 31.0 Å². The van der Waals surface area contributed by atoms with E-state index in [1.807, 2.05) is 12.1 Å². The van der Waals surface area contributed by atoms with Gasteiger partial charge in [0.05, 0.1) is 0 Å². The summed E-state index contributed by atoms with van der Waals surface area (Å²) in [6.07, 6.45) is 4.36. The smallest absolute Gasteiger partial charge is 0.141 e. The van der Waals surface area contributed by atoms with E-state index >= 15 is 0 Å². The van der Waals surface area contributed by atoms with Gasteiger partial charge >= 0.3 is 0 Å². The van der Waals surface area contributed by atoms with Gasteiger partial charge < -0.3 is 10.3 Å². The van der Waals surface area contributed by atoms with Crippen molar-refractivity contribution in [3.63, 3.8) is 0 Å². The number of nitrogen functional groups attached to an aromatic ring is 1. The van der Waals surface area contributed by atoms with Crippen molar-refractivity contribution in [2.45, 2.75) is 18.9 Å². The summed E-state index contributed by atoms with van der Waals surface area (Å²) in [5, 5.41) is 0. The Morgan fingerprint density at radius 2 is 2.38 bits per heavy atom. The quantitative estimate of drug-likeness (QED) is 0.535. The van der Waals surface area contributed by atoms with Crippen LogP contribution in [0.15, 0.2) is 18.3 Å². The third kappa shape index (κ3) is 1.72. The molecule has 1 fully saturated rings. The van der Waals surface area contributed by atoms with Crippen LogP contribution in [-0.4, -0.2) is 18.1 Å². The van der Waals surface area contributed by atoms with Crippen molar-refractivity contribution in [1.82, 2.24) is 4.98 Å². The lowest BCUT2D eigenvalue weighted by Crippen LogP contribution is -2.20. The molecule has 13 heavy (non-hydrogen) atoms. The van der Waals surface area contributed by atoms with E-state index in [9.17, 15) is 0 Å². The van der Waals surface area contributed by atoms with Crippen molar-refractivity contribution >= 4 is 11.5 Å². The molecule has 1 aromatic rings. The van der Waals surface area contributed by atoms with Crippen molar-refractivity contribution in [2.24, 2.45) is 5.84 Å². The molecule has 70 valence electrons. The van der Waals surface area contributed by atoms with Crippen molar-refractivity contribution in [3.8, 4) is 0 Å². The van der Waals surface area contributed by atoms with E-state index in [-0.39, 0.29) is 0 Å². The van der Waals surface area contributed by atoms with Gasteiger partial charge in [0.15, 0.2) is 0 Å². The van der Waals surface area contributed by atoms with E-state index in [4.69, 9.17) is 5.84 Å². The molecule has 0 aliphatic heterocycles. The summed E-state index contributed by atoms with van der Waals surface area (Å²) in [4.78, 5) is 6.32. The Bertz CT molecular complexity index is 295. The molecule has 3 N–H and O–H groups in total. The van der Waals surface area contributed by atoms with Gasteiger partial charge in [0.25, 0.3) is 0 Å². The van der Waals surface area contributed by atoms with Gasteiger partial charge in [0.1, 0.15) is 5.82 Å². The zero-order chi connectivity index (χ0) is 9.26. The summed E-state index contributed by atoms with van der Waals surface area (Å²) in [5.41, 5.74) is 3.72. The molecule has 2 rings (SSSR count). The third-order valence-electron chi connectivity index (χ3n) is 2.39. The Morgan fingerprint density at radius 3 is 3.00 bits per heavy atom. The van der Waals surface area contributed by atoms with Gasteiger partial charge in [-0.2, -0.15) is 0 Å². The Labute approximate surface area is 77.7 Å². The Balaban J connectivity index is 2.18. The summed E-state index contributed by atoms with van der Waals surface area (Å²) < 4.78 is 0. The van der Waals surface area contributed by atoms with E-state index in [1.54, 1.807) is 6.20 Å². The molecule has 4 heteroatoms. The minimum atomic E-state index is 0.713. The second-order valence-electron chi connectivity index (χ2n) is 3.39. The molecule has 4 nitrogen and oxygen atoms in total. The fourth-order valence-electron chi connectivity index (χ4n) is 1.39. The zero-order valence-electron chi connectivity index (χ0n) is 7.70. The molecule has 0 bridgehead atoms. The van der Waals surface area contributed by atoms with Crippen molar-refractivity contribution in [2.75, 3.05) is 17.4 Å². The molecule has 0 unspecified atom stereocenters. The van der Waals surface area contributed by atoms with E-state index in [0.29, 0.717) is 11.9 Å². The second-order valence-corrected chi connectivity index (χ2v) is 3.39. The van der Waals surface area contributed by atoms with Gasteiger partial charge in [-0.05, 0) is 18.9 Å². The maximum Gasteiger partial charge on any atom is 0.141 e. The molecule has 0 atom stereocenters. The SMILES string of the molecule is CN(c1ccnc(NN)c1)C1CC1. The zero-order valence-corrected chi connectivity index (χ0v) is 7.70. The number of rotatable bonds is 3. The summed E-state index contributed by atoms with van der Waals surface area (Å²) in [6.45, 7) is 0. The Morgan fingerprint density at radius 1 is 1.62 bits per heavy atom. The summed E-state index contributed by atoms with van der Waals surface area (Å²) in [7, 11) is 2.10. The van der Waals surface area contributed by atoms with Crippen molar-refractivity contribution < 1.29 is 0 Å². The first-order valence-electron chi connectivity index (χ1n) is 4.47. The van der Waals surface area contributed by atoms with Gasteiger partial charge in [0.2, 0.25) is 0 Å². The number of nitrogens with one attached hydrogen (secondary N) is 1. The fourth-order valence-corrected chi connectivity index (χ4v) is 1.39. The highest BCUT2D eigenvalue weighted by atomic mass is 15.3. The van der Waals surface area contributed by atoms with Crippen LogP contribution in [-0.2, 0) is 0 Å². The molecule has 0 amide bonds. The van der Waals surface area contributed by atoms with Crippen LogP contribution in [0.1, 0.15) is 12.8 Å². The number of hydrogen-bond acceptors (Lipinski definition) is 4. The molecule has 0 aromatic carbocycles. The predicted molar refractivity (Wildman–Crippen MR) is 53.5 cm³/mol. The van der Waals surface area contributed by atoms with E-state index < -0.39 is 0 Å². The first kappa shape index (κ1) is 8.31. The predicted octanol–water partition coefficient (Wildman–Crippen LogP) is 0.966. The summed E-state index contributed by atoms with van der Waals surface area (Å²) in [5.74, 6) is 5.99. The average molecular weight is 178 g/mol. The van der Waals surface area contributed by atoms with Gasteiger partial charge in [-0.1, -0.05) is 0 Å². The third-order valence-corrected chi connectivity index (χ3v) is 2.39. The second kappa shape index (κ2) is 3.22. The monoisotopic (exact) mass is 178 g/mol. The van der Waals surface area contributed by atoms with Crippen LogP contribution in [0.2, 0.25) is 0 Å². The lowest BCUT2D eigenvalue weighted by atomic mass is 10.3. The Kier molecular flexibility index (Phi) is 2.06. The number of aromatic nitrogens is 1. The lowest BCUT2D eigenvalue weighted by molar-refractivity contribution is 0.915. The van der Waals surface area contributed by atoms with E-state index in [1.165, 1.54) is 18.5 Å². The van der Waals surface area contributed by atoms with E-state index in [0.717, 1.165) is 0 Å². The van der Waals surface area contributed by atoms with Crippen LogP contribution in [0, 0.1) is 0 Å². The minimum absolute atomic E-state index is 0.713. The number of hydrazine groups is 1. The number of nitrogens with zero attached hydrogens (tertiary/aromatic N) is 2. The summed E-state index contributed by atoms with van der Waals surface area (Å²) >= 11 is 0.